The molecule has 1 aliphatic rings. The largest absolute Gasteiger partial charge is 0.314 e. The highest BCUT2D eigenvalue weighted by Gasteiger charge is 2.34. The van der Waals surface area contributed by atoms with Crippen LogP contribution in [0.2, 0.25) is 0 Å². The van der Waals surface area contributed by atoms with Crippen molar-refractivity contribution in [2.75, 3.05) is 26.7 Å². The molecule has 2 heteroatoms. The minimum absolute atomic E-state index is 0.565. The second-order valence-corrected chi connectivity index (χ2v) is 5.57. The smallest absolute Gasteiger partial charge is 0.00470 e. The van der Waals surface area contributed by atoms with Crippen LogP contribution in [0.5, 0.6) is 0 Å². The molecule has 0 aromatic heterocycles. The molecule has 0 bridgehead atoms. The van der Waals surface area contributed by atoms with Gasteiger partial charge < -0.3 is 10.2 Å². The molecule has 0 radical (unpaired) electrons. The van der Waals surface area contributed by atoms with Crippen LogP contribution in [0, 0.1) is 5.41 Å². The molecule has 0 spiro atoms. The Morgan fingerprint density at radius 2 is 1.87 bits per heavy atom. The van der Waals surface area contributed by atoms with Crippen LogP contribution in [0.3, 0.4) is 0 Å². The SMILES string of the molecule is CCN(C)CC1(CNC(C)C)CCCC1. The number of rotatable bonds is 6. The van der Waals surface area contributed by atoms with Gasteiger partial charge in [-0.05, 0) is 31.8 Å². The summed E-state index contributed by atoms with van der Waals surface area (Å²) in [6.45, 7) is 10.4. The molecule has 0 aromatic carbocycles. The Morgan fingerprint density at radius 3 is 2.33 bits per heavy atom. The van der Waals surface area contributed by atoms with E-state index in [0.29, 0.717) is 11.5 Å². The Balaban J connectivity index is 2.46. The Labute approximate surface area is 95.4 Å². The molecule has 0 amide bonds. The van der Waals surface area contributed by atoms with E-state index in [0.717, 1.165) is 0 Å². The molecule has 0 saturated heterocycles. The van der Waals surface area contributed by atoms with Crippen molar-refractivity contribution in [1.82, 2.24) is 10.2 Å². The summed E-state index contributed by atoms with van der Waals surface area (Å²) in [7, 11) is 2.25. The highest BCUT2D eigenvalue weighted by molar-refractivity contribution is 4.89. The molecule has 1 fully saturated rings. The van der Waals surface area contributed by atoms with E-state index in [9.17, 15) is 0 Å². The first-order valence-corrected chi connectivity index (χ1v) is 6.50. The maximum atomic E-state index is 3.63. The minimum atomic E-state index is 0.565. The van der Waals surface area contributed by atoms with Gasteiger partial charge in [-0.25, -0.2) is 0 Å². The fraction of sp³-hybridized carbons (Fsp3) is 1.00. The highest BCUT2D eigenvalue weighted by Crippen LogP contribution is 2.38. The van der Waals surface area contributed by atoms with Crippen molar-refractivity contribution in [3.05, 3.63) is 0 Å². The van der Waals surface area contributed by atoms with Crippen LogP contribution in [-0.4, -0.2) is 37.6 Å². The fourth-order valence-electron chi connectivity index (χ4n) is 2.62. The standard InChI is InChI=1S/C13H28N2/c1-5-15(4)11-13(8-6-7-9-13)10-14-12(2)3/h12,14H,5-11H2,1-4H3. The number of hydrogen-bond donors (Lipinski definition) is 1. The maximum Gasteiger partial charge on any atom is 0.00470 e. The molecule has 0 aliphatic heterocycles. The zero-order valence-corrected chi connectivity index (χ0v) is 11.0. The monoisotopic (exact) mass is 212 g/mol. The van der Waals surface area contributed by atoms with Gasteiger partial charge >= 0.3 is 0 Å². The third-order valence-electron chi connectivity index (χ3n) is 3.69. The van der Waals surface area contributed by atoms with E-state index in [2.05, 4.69) is 38.0 Å². The van der Waals surface area contributed by atoms with Crippen LogP contribution >= 0.6 is 0 Å². The van der Waals surface area contributed by atoms with Crippen LogP contribution in [0.25, 0.3) is 0 Å². The zero-order chi connectivity index (χ0) is 11.3. The summed E-state index contributed by atoms with van der Waals surface area (Å²) in [5, 5.41) is 3.63. The van der Waals surface area contributed by atoms with E-state index in [1.54, 1.807) is 0 Å². The molecule has 0 aromatic rings. The second kappa shape index (κ2) is 5.86. The van der Waals surface area contributed by atoms with E-state index in [1.807, 2.05) is 0 Å². The fourth-order valence-corrected chi connectivity index (χ4v) is 2.62. The van der Waals surface area contributed by atoms with Gasteiger partial charge in [0.1, 0.15) is 0 Å². The van der Waals surface area contributed by atoms with E-state index in [-0.39, 0.29) is 0 Å². The minimum Gasteiger partial charge on any atom is -0.314 e. The molecule has 2 nitrogen and oxygen atoms in total. The molecule has 1 saturated carbocycles. The molecule has 0 atom stereocenters. The zero-order valence-electron chi connectivity index (χ0n) is 11.0. The Kier molecular flexibility index (Phi) is 5.07. The Morgan fingerprint density at radius 1 is 1.27 bits per heavy atom. The summed E-state index contributed by atoms with van der Waals surface area (Å²) in [4.78, 5) is 2.47. The normalized spacial score (nSPS) is 20.4. The third-order valence-corrected chi connectivity index (χ3v) is 3.69. The lowest BCUT2D eigenvalue weighted by molar-refractivity contribution is 0.174. The lowest BCUT2D eigenvalue weighted by Crippen LogP contribution is -2.43. The molecule has 1 aliphatic carbocycles. The van der Waals surface area contributed by atoms with Gasteiger partial charge in [0.15, 0.2) is 0 Å². The van der Waals surface area contributed by atoms with Crippen molar-refractivity contribution in [2.45, 2.75) is 52.5 Å². The predicted molar refractivity (Wildman–Crippen MR) is 67.2 cm³/mol. The van der Waals surface area contributed by atoms with Crippen LogP contribution in [0.15, 0.2) is 0 Å². The number of hydrogen-bond acceptors (Lipinski definition) is 2. The summed E-state index contributed by atoms with van der Waals surface area (Å²) < 4.78 is 0. The lowest BCUT2D eigenvalue weighted by atomic mass is 9.85. The van der Waals surface area contributed by atoms with E-state index in [4.69, 9.17) is 0 Å². The van der Waals surface area contributed by atoms with Gasteiger partial charge in [-0.1, -0.05) is 33.6 Å². The van der Waals surface area contributed by atoms with Crippen molar-refractivity contribution in [1.29, 1.82) is 0 Å². The Hall–Kier alpha value is -0.0800. The van der Waals surface area contributed by atoms with Gasteiger partial charge in [0.2, 0.25) is 0 Å². The molecule has 90 valence electrons. The summed E-state index contributed by atoms with van der Waals surface area (Å²) in [6.07, 6.45) is 5.68. The van der Waals surface area contributed by atoms with Gasteiger partial charge in [0, 0.05) is 19.1 Å². The highest BCUT2D eigenvalue weighted by atomic mass is 15.1. The van der Waals surface area contributed by atoms with Crippen molar-refractivity contribution >= 4 is 0 Å². The van der Waals surface area contributed by atoms with Gasteiger partial charge in [0.05, 0.1) is 0 Å². The van der Waals surface area contributed by atoms with E-state index < -0.39 is 0 Å². The van der Waals surface area contributed by atoms with Crippen LogP contribution < -0.4 is 5.32 Å². The topological polar surface area (TPSA) is 15.3 Å². The van der Waals surface area contributed by atoms with Gasteiger partial charge in [-0.3, -0.25) is 0 Å². The number of nitrogens with zero attached hydrogens (tertiary/aromatic N) is 1. The van der Waals surface area contributed by atoms with Crippen molar-refractivity contribution in [2.24, 2.45) is 5.41 Å². The van der Waals surface area contributed by atoms with E-state index in [1.165, 1.54) is 45.3 Å². The summed E-state index contributed by atoms with van der Waals surface area (Å²) in [5.74, 6) is 0. The molecule has 1 rings (SSSR count). The summed E-state index contributed by atoms with van der Waals surface area (Å²) >= 11 is 0. The first kappa shape index (κ1) is 13.0. The summed E-state index contributed by atoms with van der Waals surface area (Å²) in [6, 6.07) is 0.620. The van der Waals surface area contributed by atoms with Crippen LogP contribution in [0.1, 0.15) is 46.5 Å². The van der Waals surface area contributed by atoms with Crippen molar-refractivity contribution in [3.63, 3.8) is 0 Å². The molecular formula is C13H28N2. The van der Waals surface area contributed by atoms with Crippen LogP contribution in [0.4, 0.5) is 0 Å². The molecular weight excluding hydrogens is 184 g/mol. The number of nitrogens with one attached hydrogen (secondary N) is 1. The van der Waals surface area contributed by atoms with Gasteiger partial charge in [-0.2, -0.15) is 0 Å². The third kappa shape index (κ3) is 4.12. The molecule has 0 heterocycles. The van der Waals surface area contributed by atoms with Crippen LogP contribution in [-0.2, 0) is 0 Å². The van der Waals surface area contributed by atoms with Gasteiger partial charge in [-0.15, -0.1) is 0 Å². The predicted octanol–water partition coefficient (Wildman–Crippen LogP) is 2.50. The van der Waals surface area contributed by atoms with Crippen molar-refractivity contribution < 1.29 is 0 Å². The quantitative estimate of drug-likeness (QED) is 0.728. The molecule has 0 unspecified atom stereocenters. The van der Waals surface area contributed by atoms with Crippen molar-refractivity contribution in [3.8, 4) is 0 Å². The average molecular weight is 212 g/mol. The second-order valence-electron chi connectivity index (χ2n) is 5.57. The average Bonchev–Trinajstić information content (AvgIpc) is 2.64. The molecule has 1 N–H and O–H groups in total. The first-order valence-electron chi connectivity index (χ1n) is 6.50. The first-order chi connectivity index (χ1) is 7.08. The maximum absolute atomic E-state index is 3.63. The Bertz CT molecular complexity index is 171. The lowest BCUT2D eigenvalue weighted by Gasteiger charge is -2.34. The van der Waals surface area contributed by atoms with E-state index >= 15 is 0 Å². The molecule has 15 heavy (non-hydrogen) atoms. The van der Waals surface area contributed by atoms with Gasteiger partial charge in [0.25, 0.3) is 0 Å². The summed E-state index contributed by atoms with van der Waals surface area (Å²) in [5.41, 5.74) is 0.565.